The number of carbonyl (C=O) groups is 1. The van der Waals surface area contributed by atoms with Crippen LogP contribution in [0.1, 0.15) is 23.2 Å². The van der Waals surface area contributed by atoms with Crippen LogP contribution in [-0.2, 0) is 6.54 Å². The Balaban J connectivity index is 1.92. The molecule has 94 valence electrons. The van der Waals surface area contributed by atoms with E-state index in [0.717, 1.165) is 0 Å². The first kappa shape index (κ1) is 12.1. The van der Waals surface area contributed by atoms with E-state index in [9.17, 15) is 4.79 Å². The molecule has 0 aromatic carbocycles. The summed E-state index contributed by atoms with van der Waals surface area (Å²) in [6, 6.07) is 6.72. The highest BCUT2D eigenvalue weighted by molar-refractivity contribution is 5.91. The number of nitrogens with one attached hydrogen (secondary N) is 1. The molecule has 6 heteroatoms. The van der Waals surface area contributed by atoms with Crippen LogP contribution in [0.25, 0.3) is 0 Å². The lowest BCUT2D eigenvalue weighted by molar-refractivity contribution is 0.0941. The number of rotatable bonds is 5. The zero-order valence-electron chi connectivity index (χ0n) is 9.92. The highest BCUT2D eigenvalue weighted by atomic mass is 16.5. The lowest BCUT2D eigenvalue weighted by Gasteiger charge is -2.03. The van der Waals surface area contributed by atoms with Crippen molar-refractivity contribution in [3.63, 3.8) is 0 Å². The van der Waals surface area contributed by atoms with Crippen molar-refractivity contribution >= 4 is 5.91 Å². The van der Waals surface area contributed by atoms with E-state index < -0.39 is 0 Å². The number of ether oxygens (including phenoxy) is 1. The van der Waals surface area contributed by atoms with E-state index in [2.05, 4.69) is 15.5 Å². The van der Waals surface area contributed by atoms with Gasteiger partial charge >= 0.3 is 0 Å². The van der Waals surface area contributed by atoms with Crippen LogP contribution in [-0.4, -0.2) is 22.7 Å². The average molecular weight is 247 g/mol. The predicted octanol–water partition coefficient (Wildman–Crippen LogP) is 1.40. The van der Waals surface area contributed by atoms with Crippen LogP contribution >= 0.6 is 0 Å². The molecule has 0 aliphatic heterocycles. The molecule has 2 aromatic heterocycles. The van der Waals surface area contributed by atoms with Gasteiger partial charge in [0.15, 0.2) is 5.69 Å². The predicted molar refractivity (Wildman–Crippen MR) is 63.1 cm³/mol. The van der Waals surface area contributed by atoms with E-state index in [1.54, 1.807) is 30.5 Å². The second-order valence-electron chi connectivity index (χ2n) is 3.45. The number of aromatic nitrogens is 2. The van der Waals surface area contributed by atoms with E-state index in [1.165, 1.54) is 0 Å². The van der Waals surface area contributed by atoms with Crippen LogP contribution in [0.4, 0.5) is 0 Å². The Hall–Kier alpha value is -2.37. The van der Waals surface area contributed by atoms with Gasteiger partial charge in [-0.15, -0.1) is 10.2 Å². The third kappa shape index (κ3) is 3.07. The number of hydrogen-bond donors (Lipinski definition) is 1. The van der Waals surface area contributed by atoms with E-state index in [-0.39, 0.29) is 11.6 Å². The SMILES string of the molecule is CCOc1ccc(C(=O)NCc2ccco2)nn1. The third-order valence-corrected chi connectivity index (χ3v) is 2.17. The smallest absolute Gasteiger partial charge is 0.272 e. The second-order valence-corrected chi connectivity index (χ2v) is 3.45. The zero-order valence-corrected chi connectivity index (χ0v) is 9.92. The first-order chi connectivity index (χ1) is 8.79. The molecule has 1 amide bonds. The van der Waals surface area contributed by atoms with Crippen molar-refractivity contribution in [2.45, 2.75) is 13.5 Å². The minimum absolute atomic E-state index is 0.241. The first-order valence-electron chi connectivity index (χ1n) is 5.56. The van der Waals surface area contributed by atoms with E-state index in [0.29, 0.717) is 24.8 Å². The fourth-order valence-electron chi connectivity index (χ4n) is 1.34. The molecule has 0 spiro atoms. The summed E-state index contributed by atoms with van der Waals surface area (Å²) in [5.41, 5.74) is 0.241. The topological polar surface area (TPSA) is 77.2 Å². The van der Waals surface area contributed by atoms with E-state index in [1.807, 2.05) is 6.92 Å². The van der Waals surface area contributed by atoms with E-state index >= 15 is 0 Å². The highest BCUT2D eigenvalue weighted by Gasteiger charge is 2.08. The molecule has 0 radical (unpaired) electrons. The van der Waals surface area contributed by atoms with Gasteiger partial charge in [0.2, 0.25) is 5.88 Å². The van der Waals surface area contributed by atoms with Crippen molar-refractivity contribution in [2.24, 2.45) is 0 Å². The number of nitrogens with zero attached hydrogens (tertiary/aromatic N) is 2. The summed E-state index contributed by atoms with van der Waals surface area (Å²) < 4.78 is 10.2. The van der Waals surface area contributed by atoms with Gasteiger partial charge in [-0.05, 0) is 25.1 Å². The molecule has 0 bridgehead atoms. The molecule has 0 saturated heterocycles. The summed E-state index contributed by atoms with van der Waals surface area (Å²) in [5.74, 6) is 0.782. The Morgan fingerprint density at radius 3 is 2.89 bits per heavy atom. The zero-order chi connectivity index (χ0) is 12.8. The van der Waals surface area contributed by atoms with Gasteiger partial charge in [0, 0.05) is 6.07 Å². The van der Waals surface area contributed by atoms with Gasteiger partial charge in [-0.3, -0.25) is 4.79 Å². The minimum atomic E-state index is -0.304. The molecular weight excluding hydrogens is 234 g/mol. The summed E-state index contributed by atoms with van der Waals surface area (Å²) >= 11 is 0. The van der Waals surface area contributed by atoms with Crippen molar-refractivity contribution in [2.75, 3.05) is 6.61 Å². The Kier molecular flexibility index (Phi) is 3.90. The van der Waals surface area contributed by atoms with Gasteiger partial charge in [-0.2, -0.15) is 0 Å². The monoisotopic (exact) mass is 247 g/mol. The van der Waals surface area contributed by atoms with Crippen LogP contribution in [0.2, 0.25) is 0 Å². The summed E-state index contributed by atoms with van der Waals surface area (Å²) in [4.78, 5) is 11.7. The summed E-state index contributed by atoms with van der Waals surface area (Å²) in [5, 5.41) is 10.2. The molecule has 0 atom stereocenters. The van der Waals surface area contributed by atoms with Crippen molar-refractivity contribution in [1.29, 1.82) is 0 Å². The van der Waals surface area contributed by atoms with Crippen LogP contribution in [0, 0.1) is 0 Å². The van der Waals surface area contributed by atoms with Gasteiger partial charge < -0.3 is 14.5 Å². The molecule has 2 heterocycles. The molecular formula is C12H13N3O3. The summed E-state index contributed by atoms with van der Waals surface area (Å²) in [6.45, 7) is 2.69. The van der Waals surface area contributed by atoms with Crippen molar-refractivity contribution < 1.29 is 13.9 Å². The minimum Gasteiger partial charge on any atom is -0.477 e. The van der Waals surface area contributed by atoms with Crippen LogP contribution < -0.4 is 10.1 Å². The first-order valence-corrected chi connectivity index (χ1v) is 5.56. The Morgan fingerprint density at radius 2 is 2.28 bits per heavy atom. The van der Waals surface area contributed by atoms with Gasteiger partial charge in [0.25, 0.3) is 5.91 Å². The lowest BCUT2D eigenvalue weighted by atomic mass is 10.3. The molecule has 0 saturated carbocycles. The van der Waals surface area contributed by atoms with Crippen molar-refractivity contribution in [3.8, 4) is 5.88 Å². The standard InChI is InChI=1S/C12H13N3O3/c1-2-17-11-6-5-10(14-15-11)12(16)13-8-9-4-3-7-18-9/h3-7H,2,8H2,1H3,(H,13,16). The summed E-state index contributed by atoms with van der Waals surface area (Å²) in [6.07, 6.45) is 1.55. The van der Waals surface area contributed by atoms with Crippen molar-refractivity contribution in [3.05, 3.63) is 42.0 Å². The third-order valence-electron chi connectivity index (χ3n) is 2.17. The summed E-state index contributed by atoms with van der Waals surface area (Å²) in [7, 11) is 0. The van der Waals surface area contributed by atoms with Crippen LogP contribution in [0.5, 0.6) is 5.88 Å². The van der Waals surface area contributed by atoms with Crippen molar-refractivity contribution in [1.82, 2.24) is 15.5 Å². The Morgan fingerprint density at radius 1 is 1.39 bits per heavy atom. The van der Waals surface area contributed by atoms with Crippen LogP contribution in [0.15, 0.2) is 34.9 Å². The molecule has 1 N–H and O–H groups in total. The molecule has 0 fully saturated rings. The molecule has 2 rings (SSSR count). The maximum Gasteiger partial charge on any atom is 0.272 e. The second kappa shape index (κ2) is 5.81. The van der Waals surface area contributed by atoms with Gasteiger partial charge in [-0.1, -0.05) is 0 Å². The number of amides is 1. The fourth-order valence-corrected chi connectivity index (χ4v) is 1.34. The lowest BCUT2D eigenvalue weighted by Crippen LogP contribution is -2.23. The highest BCUT2D eigenvalue weighted by Crippen LogP contribution is 2.05. The Bertz CT molecular complexity index is 494. The molecule has 0 aliphatic rings. The van der Waals surface area contributed by atoms with Gasteiger partial charge in [0.05, 0.1) is 19.4 Å². The fraction of sp³-hybridized carbons (Fsp3) is 0.250. The molecule has 0 unspecified atom stereocenters. The maximum atomic E-state index is 11.7. The maximum absolute atomic E-state index is 11.7. The molecule has 18 heavy (non-hydrogen) atoms. The van der Waals surface area contributed by atoms with E-state index in [4.69, 9.17) is 9.15 Å². The number of carbonyl (C=O) groups excluding carboxylic acids is 1. The quantitative estimate of drug-likeness (QED) is 0.864. The van der Waals surface area contributed by atoms with Gasteiger partial charge in [0.1, 0.15) is 5.76 Å². The molecule has 0 aliphatic carbocycles. The van der Waals surface area contributed by atoms with Crippen LogP contribution in [0.3, 0.4) is 0 Å². The number of furan rings is 1. The molecule has 6 nitrogen and oxygen atoms in total. The Labute approximate surface area is 104 Å². The number of hydrogen-bond acceptors (Lipinski definition) is 5. The largest absolute Gasteiger partial charge is 0.477 e. The normalized spacial score (nSPS) is 10.1. The van der Waals surface area contributed by atoms with Gasteiger partial charge in [-0.25, -0.2) is 0 Å². The average Bonchev–Trinajstić information content (AvgIpc) is 2.90. The molecule has 2 aromatic rings.